The molecule has 48 heavy (non-hydrogen) atoms. The average molecular weight is 646 g/mol. The quantitative estimate of drug-likeness (QED) is 0.116. The van der Waals surface area contributed by atoms with Gasteiger partial charge in [0, 0.05) is 43.7 Å². The van der Waals surface area contributed by atoms with Crippen LogP contribution in [0.4, 0.5) is 0 Å². The van der Waals surface area contributed by atoms with Crippen molar-refractivity contribution in [3.05, 3.63) is 126 Å². The number of methoxy groups -OCH3 is 1. The average Bonchev–Trinajstić information content (AvgIpc) is 3.73. The first-order valence-electron chi connectivity index (χ1n) is 16.2. The van der Waals surface area contributed by atoms with Gasteiger partial charge in [0.15, 0.2) is 11.5 Å². The van der Waals surface area contributed by atoms with Crippen LogP contribution >= 0.6 is 0 Å². The summed E-state index contributed by atoms with van der Waals surface area (Å²) in [6.45, 7) is 4.74. The Bertz CT molecular complexity index is 1840. The number of ether oxygens (including phenoxy) is 4. The zero-order valence-electron chi connectivity index (χ0n) is 27.3. The molecular weight excluding hydrogens is 606 g/mol. The van der Waals surface area contributed by atoms with E-state index in [1.165, 1.54) is 7.11 Å². The highest BCUT2D eigenvalue weighted by Crippen LogP contribution is 2.35. The number of imidazole rings is 1. The summed E-state index contributed by atoms with van der Waals surface area (Å²) in [5, 5.41) is 0. The zero-order chi connectivity index (χ0) is 33.3. The van der Waals surface area contributed by atoms with Gasteiger partial charge in [-0.25, -0.2) is 9.78 Å². The van der Waals surface area contributed by atoms with E-state index in [9.17, 15) is 9.59 Å². The summed E-state index contributed by atoms with van der Waals surface area (Å²) in [6, 6.07) is 33.9. The van der Waals surface area contributed by atoms with Crippen molar-refractivity contribution in [2.24, 2.45) is 0 Å². The van der Waals surface area contributed by atoms with Crippen LogP contribution in [0.1, 0.15) is 46.9 Å². The Morgan fingerprint density at radius 3 is 2.19 bits per heavy atom. The maximum absolute atomic E-state index is 12.3. The fraction of sp³-hybridized carbons (Fsp3) is 0.256. The van der Waals surface area contributed by atoms with Crippen LogP contribution in [0.25, 0.3) is 22.6 Å². The number of carbonyl (C=O) groups excluding carboxylic acids is 2. The lowest BCUT2D eigenvalue weighted by atomic mass is 10.1. The molecule has 0 saturated heterocycles. The van der Waals surface area contributed by atoms with Gasteiger partial charge in [0.2, 0.25) is 6.79 Å². The summed E-state index contributed by atoms with van der Waals surface area (Å²) in [5.41, 5.74) is 6.56. The summed E-state index contributed by atoms with van der Waals surface area (Å²) in [7, 11) is 1.38. The normalized spacial score (nSPS) is 11.9. The Kier molecular flexibility index (Phi) is 10.5. The highest BCUT2D eigenvalue weighted by molar-refractivity contribution is 5.89. The first-order chi connectivity index (χ1) is 23.5. The molecule has 0 amide bonds. The predicted molar refractivity (Wildman–Crippen MR) is 182 cm³/mol. The second-order valence-corrected chi connectivity index (χ2v) is 11.5. The van der Waals surface area contributed by atoms with Gasteiger partial charge in [-0.1, -0.05) is 78.9 Å². The summed E-state index contributed by atoms with van der Waals surface area (Å²) < 4.78 is 23.7. The van der Waals surface area contributed by atoms with Crippen molar-refractivity contribution in [1.82, 2.24) is 14.5 Å². The molecule has 1 aliphatic heterocycles. The molecule has 4 aromatic carbocycles. The van der Waals surface area contributed by atoms with E-state index in [2.05, 4.69) is 39.8 Å². The predicted octanol–water partition coefficient (Wildman–Crippen LogP) is 7.28. The second kappa shape index (κ2) is 15.5. The lowest BCUT2D eigenvalue weighted by Crippen LogP contribution is -2.25. The Balaban J connectivity index is 1.41. The Morgan fingerprint density at radius 2 is 1.48 bits per heavy atom. The molecule has 0 atom stereocenters. The number of hydrogen-bond donors (Lipinski definition) is 0. The minimum atomic E-state index is -0.369. The highest BCUT2D eigenvalue weighted by atomic mass is 16.7. The van der Waals surface area contributed by atoms with Crippen LogP contribution in [-0.2, 0) is 40.4 Å². The van der Waals surface area contributed by atoms with E-state index in [1.54, 1.807) is 12.1 Å². The van der Waals surface area contributed by atoms with Gasteiger partial charge in [-0.05, 0) is 48.7 Å². The third-order valence-electron chi connectivity index (χ3n) is 8.22. The minimum Gasteiger partial charge on any atom is -0.466 e. The number of nitrogens with zero attached hydrogens (tertiary/aromatic N) is 3. The van der Waals surface area contributed by atoms with Gasteiger partial charge < -0.3 is 23.5 Å². The molecular formula is C39H39N3O6. The topological polar surface area (TPSA) is 92.1 Å². The molecule has 0 aliphatic carbocycles. The van der Waals surface area contributed by atoms with E-state index in [4.69, 9.17) is 23.9 Å². The summed E-state index contributed by atoms with van der Waals surface area (Å²) in [4.78, 5) is 32.1. The van der Waals surface area contributed by atoms with Crippen LogP contribution in [0.3, 0.4) is 0 Å². The number of esters is 2. The van der Waals surface area contributed by atoms with Gasteiger partial charge in [0.05, 0.1) is 30.7 Å². The zero-order valence-corrected chi connectivity index (χ0v) is 27.3. The molecule has 5 aromatic rings. The monoisotopic (exact) mass is 645 g/mol. The summed E-state index contributed by atoms with van der Waals surface area (Å²) >= 11 is 0. The SMILES string of the molecule is CCOC(=O)CCCn1c(-c2ccccc2)nc(-c2ccccc2)c1CN(Cc1ccc(C(=O)OC)cc1)Cc1ccc2c(c1)OCO2. The molecule has 0 N–H and O–H groups in total. The fourth-order valence-electron chi connectivity index (χ4n) is 5.94. The number of carbonyl (C=O) groups is 2. The molecule has 2 heterocycles. The molecule has 6 rings (SSSR count). The second-order valence-electron chi connectivity index (χ2n) is 11.5. The Hall–Kier alpha value is -5.41. The van der Waals surface area contributed by atoms with Crippen LogP contribution < -0.4 is 9.47 Å². The molecule has 9 heteroatoms. The van der Waals surface area contributed by atoms with Crippen LogP contribution in [0.15, 0.2) is 103 Å². The first kappa shape index (κ1) is 32.5. The van der Waals surface area contributed by atoms with E-state index in [0.29, 0.717) is 51.2 Å². The van der Waals surface area contributed by atoms with Gasteiger partial charge in [-0.2, -0.15) is 0 Å². The lowest BCUT2D eigenvalue weighted by molar-refractivity contribution is -0.143. The van der Waals surface area contributed by atoms with E-state index >= 15 is 0 Å². The fourth-order valence-corrected chi connectivity index (χ4v) is 5.94. The van der Waals surface area contributed by atoms with Gasteiger partial charge in [-0.15, -0.1) is 0 Å². The molecule has 0 fully saturated rings. The third kappa shape index (κ3) is 7.75. The van der Waals surface area contributed by atoms with Crippen molar-refractivity contribution in [2.45, 2.75) is 45.9 Å². The highest BCUT2D eigenvalue weighted by Gasteiger charge is 2.23. The largest absolute Gasteiger partial charge is 0.466 e. The number of benzene rings is 4. The van der Waals surface area contributed by atoms with Crippen LogP contribution in [0, 0.1) is 0 Å². The molecule has 1 aliphatic rings. The molecule has 0 spiro atoms. The maximum Gasteiger partial charge on any atom is 0.337 e. The minimum absolute atomic E-state index is 0.205. The molecule has 1 aromatic heterocycles. The van der Waals surface area contributed by atoms with E-state index in [0.717, 1.165) is 51.0 Å². The summed E-state index contributed by atoms with van der Waals surface area (Å²) in [5.74, 6) is 1.74. The van der Waals surface area contributed by atoms with Gasteiger partial charge in [0.1, 0.15) is 5.82 Å². The van der Waals surface area contributed by atoms with Crippen LogP contribution in [0.2, 0.25) is 0 Å². The van der Waals surface area contributed by atoms with Gasteiger partial charge >= 0.3 is 11.9 Å². The lowest BCUT2D eigenvalue weighted by Gasteiger charge is -2.25. The summed E-state index contributed by atoms with van der Waals surface area (Å²) in [6.07, 6.45) is 0.918. The van der Waals surface area contributed by atoms with Crippen LogP contribution in [-0.4, -0.2) is 46.9 Å². The number of hydrogen-bond acceptors (Lipinski definition) is 8. The number of rotatable bonds is 14. The van der Waals surface area contributed by atoms with Crippen molar-refractivity contribution in [1.29, 1.82) is 0 Å². The van der Waals surface area contributed by atoms with Crippen molar-refractivity contribution in [2.75, 3.05) is 20.5 Å². The number of aromatic nitrogens is 2. The molecule has 246 valence electrons. The smallest absolute Gasteiger partial charge is 0.337 e. The first-order valence-corrected chi connectivity index (χ1v) is 16.2. The molecule has 9 nitrogen and oxygen atoms in total. The molecule has 0 unspecified atom stereocenters. The van der Waals surface area contributed by atoms with Crippen molar-refractivity contribution >= 4 is 11.9 Å². The van der Waals surface area contributed by atoms with Crippen molar-refractivity contribution in [3.63, 3.8) is 0 Å². The Labute approximate surface area is 280 Å². The molecule has 0 saturated carbocycles. The van der Waals surface area contributed by atoms with E-state index in [1.807, 2.05) is 67.6 Å². The Morgan fingerprint density at radius 1 is 0.812 bits per heavy atom. The van der Waals surface area contributed by atoms with E-state index < -0.39 is 0 Å². The standard InChI is InChI=1S/C39H39N3O6/c1-3-46-36(43)15-10-22-42-33(37(30-11-6-4-7-12-30)40-38(42)31-13-8-5-9-14-31)26-41(24-28-16-19-32(20-17-28)39(44)45-2)25-29-18-21-34-35(23-29)48-27-47-34/h4-9,11-14,16-21,23H,3,10,15,22,24-27H2,1-2H3. The maximum atomic E-state index is 12.3. The van der Waals surface area contributed by atoms with Crippen LogP contribution in [0.5, 0.6) is 11.5 Å². The molecule has 0 bridgehead atoms. The van der Waals surface area contributed by atoms with Gasteiger partial charge in [0.25, 0.3) is 0 Å². The molecule has 0 radical (unpaired) electrons. The van der Waals surface area contributed by atoms with Gasteiger partial charge in [-0.3, -0.25) is 9.69 Å². The van der Waals surface area contributed by atoms with Crippen molar-refractivity contribution in [3.8, 4) is 34.1 Å². The van der Waals surface area contributed by atoms with Crippen molar-refractivity contribution < 1.29 is 28.5 Å². The number of fused-ring (bicyclic) bond motifs is 1. The third-order valence-corrected chi connectivity index (χ3v) is 8.22. The van der Waals surface area contributed by atoms with E-state index in [-0.39, 0.29) is 18.7 Å².